The molecule has 6 nitrogen and oxygen atoms in total. The topological polar surface area (TPSA) is 92.7 Å². The van der Waals surface area contributed by atoms with Gasteiger partial charge in [-0.15, -0.1) is 0 Å². The van der Waals surface area contributed by atoms with Crippen LogP contribution in [-0.2, 0) is 14.3 Å². The summed E-state index contributed by atoms with van der Waals surface area (Å²) in [6.45, 7) is 2.59. The van der Waals surface area contributed by atoms with Gasteiger partial charge in [0, 0.05) is 6.92 Å². The molecule has 0 aliphatic rings. The number of ether oxygens (including phenoxy) is 1. The quantitative estimate of drug-likeness (QED) is 0.786. The Balaban J connectivity index is 2.82. The lowest BCUT2D eigenvalue weighted by Crippen LogP contribution is -2.29. The molecular weight excluding hydrogens is 238 g/mol. The number of nitrogens with one attached hydrogen (secondary N) is 1. The predicted octanol–water partition coefficient (Wildman–Crippen LogP) is 1.27. The number of anilines is 1. The van der Waals surface area contributed by atoms with E-state index in [9.17, 15) is 14.4 Å². The lowest BCUT2D eigenvalue weighted by atomic mass is 10.1. The summed E-state index contributed by atoms with van der Waals surface area (Å²) in [6, 6.07) is 5.98. The molecule has 0 saturated carbocycles. The molecule has 0 aliphatic carbocycles. The van der Waals surface area contributed by atoms with Crippen molar-refractivity contribution in [2.24, 2.45) is 0 Å². The Morgan fingerprint density at radius 2 is 1.89 bits per heavy atom. The van der Waals surface area contributed by atoms with E-state index in [0.717, 1.165) is 0 Å². The molecule has 1 aromatic carbocycles. The Morgan fingerprint density at radius 3 is 2.44 bits per heavy atom. The summed E-state index contributed by atoms with van der Waals surface area (Å²) in [7, 11) is 0. The van der Waals surface area contributed by atoms with Crippen molar-refractivity contribution in [3.8, 4) is 0 Å². The zero-order valence-electron chi connectivity index (χ0n) is 9.97. The van der Waals surface area contributed by atoms with Crippen LogP contribution in [0.3, 0.4) is 0 Å². The standard InChI is InChI=1S/C12H13NO5/c1-7(18-8(2)14)11(15)13-10-6-4-3-5-9(10)12(16)17/h3-7H,1-2H3,(H,13,15)(H,16,17)/t7-/m0/s1. The van der Waals surface area contributed by atoms with Crippen LogP contribution >= 0.6 is 0 Å². The fraction of sp³-hybridized carbons (Fsp3) is 0.250. The molecule has 0 aromatic heterocycles. The third-order valence-corrected chi connectivity index (χ3v) is 2.13. The van der Waals surface area contributed by atoms with Crippen molar-refractivity contribution in [3.05, 3.63) is 29.8 Å². The van der Waals surface area contributed by atoms with Gasteiger partial charge in [-0.3, -0.25) is 9.59 Å². The predicted molar refractivity (Wildman–Crippen MR) is 63.3 cm³/mol. The van der Waals surface area contributed by atoms with Gasteiger partial charge in [0.15, 0.2) is 6.10 Å². The summed E-state index contributed by atoms with van der Waals surface area (Å²) in [5.74, 6) is -2.31. The van der Waals surface area contributed by atoms with Gasteiger partial charge in [-0.1, -0.05) is 12.1 Å². The second-order valence-corrected chi connectivity index (χ2v) is 3.59. The minimum absolute atomic E-state index is 0.0270. The van der Waals surface area contributed by atoms with Gasteiger partial charge in [-0.05, 0) is 19.1 Å². The van der Waals surface area contributed by atoms with Gasteiger partial charge in [0.05, 0.1) is 11.3 Å². The second kappa shape index (κ2) is 5.81. The first-order chi connectivity index (χ1) is 8.41. The van der Waals surface area contributed by atoms with Gasteiger partial charge in [0.2, 0.25) is 0 Å². The van der Waals surface area contributed by atoms with Gasteiger partial charge >= 0.3 is 11.9 Å². The maximum atomic E-state index is 11.6. The molecule has 0 saturated heterocycles. The zero-order valence-corrected chi connectivity index (χ0v) is 9.97. The summed E-state index contributed by atoms with van der Waals surface area (Å²) in [4.78, 5) is 33.2. The fourth-order valence-electron chi connectivity index (χ4n) is 1.32. The maximum Gasteiger partial charge on any atom is 0.337 e. The van der Waals surface area contributed by atoms with Crippen molar-refractivity contribution in [2.45, 2.75) is 20.0 Å². The molecule has 0 bridgehead atoms. The van der Waals surface area contributed by atoms with E-state index in [2.05, 4.69) is 10.1 Å². The van der Waals surface area contributed by atoms with Crippen LogP contribution in [0.15, 0.2) is 24.3 Å². The third-order valence-electron chi connectivity index (χ3n) is 2.13. The Bertz CT molecular complexity index is 483. The first-order valence-electron chi connectivity index (χ1n) is 5.22. The SMILES string of the molecule is CC(=O)O[C@@H](C)C(=O)Nc1ccccc1C(=O)O. The number of para-hydroxylation sites is 1. The van der Waals surface area contributed by atoms with E-state index in [-0.39, 0.29) is 11.3 Å². The van der Waals surface area contributed by atoms with Crippen molar-refractivity contribution in [2.75, 3.05) is 5.32 Å². The molecule has 0 aliphatic heterocycles. The molecule has 6 heteroatoms. The lowest BCUT2D eigenvalue weighted by molar-refractivity contribution is -0.150. The summed E-state index contributed by atoms with van der Waals surface area (Å²) in [5, 5.41) is 11.3. The molecule has 0 heterocycles. The number of aromatic carboxylic acids is 1. The fourth-order valence-corrected chi connectivity index (χ4v) is 1.32. The van der Waals surface area contributed by atoms with Crippen LogP contribution in [0.4, 0.5) is 5.69 Å². The molecule has 2 N–H and O–H groups in total. The van der Waals surface area contributed by atoms with Crippen molar-refractivity contribution in [3.63, 3.8) is 0 Å². The molecule has 18 heavy (non-hydrogen) atoms. The molecule has 0 spiro atoms. The molecule has 1 rings (SSSR count). The van der Waals surface area contributed by atoms with E-state index >= 15 is 0 Å². The Labute approximate surface area is 104 Å². The van der Waals surface area contributed by atoms with Crippen LogP contribution < -0.4 is 5.32 Å². The van der Waals surface area contributed by atoms with Gasteiger partial charge < -0.3 is 15.2 Å². The number of esters is 1. The highest BCUT2D eigenvalue weighted by atomic mass is 16.5. The van der Waals surface area contributed by atoms with E-state index in [1.165, 1.54) is 26.0 Å². The Kier molecular flexibility index (Phi) is 4.42. The van der Waals surface area contributed by atoms with Crippen molar-refractivity contribution >= 4 is 23.5 Å². The molecule has 1 atom stereocenters. The average molecular weight is 251 g/mol. The van der Waals surface area contributed by atoms with Crippen molar-refractivity contribution in [1.82, 2.24) is 0 Å². The van der Waals surface area contributed by atoms with E-state index in [4.69, 9.17) is 5.11 Å². The van der Waals surface area contributed by atoms with Crippen LogP contribution in [-0.4, -0.2) is 29.1 Å². The first-order valence-corrected chi connectivity index (χ1v) is 5.22. The van der Waals surface area contributed by atoms with Crippen LogP contribution in [0.2, 0.25) is 0 Å². The van der Waals surface area contributed by atoms with Gasteiger partial charge in [0.1, 0.15) is 0 Å². The lowest BCUT2D eigenvalue weighted by Gasteiger charge is -2.13. The maximum absolute atomic E-state index is 11.6. The highest BCUT2D eigenvalue weighted by Crippen LogP contribution is 2.15. The molecule has 0 fully saturated rings. The van der Waals surface area contributed by atoms with Crippen molar-refractivity contribution < 1.29 is 24.2 Å². The monoisotopic (exact) mass is 251 g/mol. The molecule has 1 amide bonds. The van der Waals surface area contributed by atoms with Crippen LogP contribution in [0, 0.1) is 0 Å². The van der Waals surface area contributed by atoms with E-state index in [1.54, 1.807) is 12.1 Å². The van der Waals surface area contributed by atoms with Crippen molar-refractivity contribution in [1.29, 1.82) is 0 Å². The van der Waals surface area contributed by atoms with Gasteiger partial charge in [0.25, 0.3) is 5.91 Å². The summed E-state index contributed by atoms with van der Waals surface area (Å²) < 4.78 is 4.69. The normalized spacial score (nSPS) is 11.4. The number of hydrogen-bond acceptors (Lipinski definition) is 4. The number of benzene rings is 1. The number of hydrogen-bond donors (Lipinski definition) is 2. The van der Waals surface area contributed by atoms with E-state index in [0.29, 0.717) is 0 Å². The molecule has 0 radical (unpaired) electrons. The van der Waals surface area contributed by atoms with Crippen LogP contribution in [0.25, 0.3) is 0 Å². The largest absolute Gasteiger partial charge is 0.478 e. The Hall–Kier alpha value is -2.37. The number of carboxylic acids is 1. The highest BCUT2D eigenvalue weighted by molar-refractivity contribution is 6.02. The van der Waals surface area contributed by atoms with E-state index in [1.807, 2.05) is 0 Å². The minimum Gasteiger partial charge on any atom is -0.478 e. The molecule has 0 unspecified atom stereocenters. The summed E-state index contributed by atoms with van der Waals surface area (Å²) in [5.41, 5.74) is 0.134. The number of carbonyl (C=O) groups is 3. The Morgan fingerprint density at radius 1 is 1.28 bits per heavy atom. The van der Waals surface area contributed by atoms with Gasteiger partial charge in [-0.2, -0.15) is 0 Å². The van der Waals surface area contributed by atoms with E-state index < -0.39 is 23.9 Å². The minimum atomic E-state index is -1.15. The third kappa shape index (κ3) is 3.58. The number of amides is 1. The van der Waals surface area contributed by atoms with Gasteiger partial charge in [-0.25, -0.2) is 4.79 Å². The molecule has 96 valence electrons. The van der Waals surface area contributed by atoms with Crippen LogP contribution in [0.1, 0.15) is 24.2 Å². The summed E-state index contributed by atoms with van der Waals surface area (Å²) >= 11 is 0. The number of rotatable bonds is 4. The average Bonchev–Trinajstić information content (AvgIpc) is 2.28. The molecule has 1 aromatic rings. The number of carbonyl (C=O) groups excluding carboxylic acids is 2. The zero-order chi connectivity index (χ0) is 13.7. The highest BCUT2D eigenvalue weighted by Gasteiger charge is 2.18. The van der Waals surface area contributed by atoms with Crippen LogP contribution in [0.5, 0.6) is 0 Å². The second-order valence-electron chi connectivity index (χ2n) is 3.59. The number of carboxylic acid groups (broad SMARTS) is 1. The first kappa shape index (κ1) is 13.7. The summed E-state index contributed by atoms with van der Waals surface area (Å²) in [6.07, 6.45) is -0.982. The smallest absolute Gasteiger partial charge is 0.337 e. The molecular formula is C12H13NO5.